The predicted octanol–water partition coefficient (Wildman–Crippen LogP) is 3.49. The normalized spacial score (nSPS) is 10.2. The summed E-state index contributed by atoms with van der Waals surface area (Å²) in [6.45, 7) is 7.42. The van der Waals surface area contributed by atoms with Crippen LogP contribution < -0.4 is 10.2 Å². The van der Waals surface area contributed by atoms with Crippen molar-refractivity contribution in [1.29, 1.82) is 0 Å². The fraction of sp³-hybridized carbons (Fsp3) is 0.294. The molecule has 1 aromatic carbocycles. The number of hydrogen-bond donors (Lipinski definition) is 1. The van der Waals surface area contributed by atoms with Gasteiger partial charge in [0.1, 0.15) is 5.69 Å². The maximum absolute atomic E-state index is 12.7. The average Bonchev–Trinajstić information content (AvgIpc) is 2.50. The number of carbonyl (C=O) groups is 1. The van der Waals surface area contributed by atoms with E-state index in [0.29, 0.717) is 12.2 Å². The van der Waals surface area contributed by atoms with Crippen molar-refractivity contribution >= 4 is 17.3 Å². The third-order valence-electron chi connectivity index (χ3n) is 3.33. The van der Waals surface area contributed by atoms with E-state index in [1.165, 1.54) is 0 Å². The molecule has 0 spiro atoms. The molecule has 0 saturated heterocycles. The number of nitrogens with zero attached hydrogens (tertiary/aromatic N) is 2. The van der Waals surface area contributed by atoms with E-state index < -0.39 is 0 Å². The van der Waals surface area contributed by atoms with Gasteiger partial charge in [-0.2, -0.15) is 0 Å². The molecule has 21 heavy (non-hydrogen) atoms. The number of carbonyl (C=O) groups excluding carboxylic acids is 1. The largest absolute Gasteiger partial charge is 0.385 e. The van der Waals surface area contributed by atoms with E-state index in [-0.39, 0.29) is 5.91 Å². The number of hydrogen-bond acceptors (Lipinski definition) is 3. The Balaban J connectivity index is 2.32. The van der Waals surface area contributed by atoms with Crippen molar-refractivity contribution in [3.63, 3.8) is 0 Å². The summed E-state index contributed by atoms with van der Waals surface area (Å²) in [7, 11) is 0. The van der Waals surface area contributed by atoms with Gasteiger partial charge in [-0.1, -0.05) is 18.2 Å². The van der Waals surface area contributed by atoms with Crippen LogP contribution in [0.4, 0.5) is 11.4 Å². The Morgan fingerprint density at radius 2 is 2.00 bits per heavy atom. The van der Waals surface area contributed by atoms with Crippen molar-refractivity contribution in [2.75, 3.05) is 23.3 Å². The first-order valence-electron chi connectivity index (χ1n) is 7.24. The van der Waals surface area contributed by atoms with Crippen molar-refractivity contribution in [1.82, 2.24) is 4.98 Å². The van der Waals surface area contributed by atoms with Gasteiger partial charge >= 0.3 is 0 Å². The fourth-order valence-electron chi connectivity index (χ4n) is 2.29. The molecule has 0 aliphatic carbocycles. The Labute approximate surface area is 125 Å². The Morgan fingerprint density at radius 3 is 2.67 bits per heavy atom. The zero-order valence-corrected chi connectivity index (χ0v) is 12.8. The van der Waals surface area contributed by atoms with Crippen LogP contribution in [0.3, 0.4) is 0 Å². The van der Waals surface area contributed by atoms with Gasteiger partial charge in [-0.3, -0.25) is 9.78 Å². The van der Waals surface area contributed by atoms with Gasteiger partial charge in [-0.15, -0.1) is 0 Å². The lowest BCUT2D eigenvalue weighted by atomic mass is 10.1. The minimum atomic E-state index is -0.0773. The number of rotatable bonds is 5. The summed E-state index contributed by atoms with van der Waals surface area (Å²) in [4.78, 5) is 18.7. The first-order valence-corrected chi connectivity index (χ1v) is 7.24. The number of benzene rings is 1. The van der Waals surface area contributed by atoms with E-state index in [2.05, 4.69) is 10.3 Å². The van der Waals surface area contributed by atoms with Crippen LogP contribution in [0, 0.1) is 6.92 Å². The predicted molar refractivity (Wildman–Crippen MR) is 86.9 cm³/mol. The van der Waals surface area contributed by atoms with Gasteiger partial charge < -0.3 is 10.2 Å². The number of amides is 1. The van der Waals surface area contributed by atoms with Gasteiger partial charge in [0, 0.05) is 30.7 Å². The van der Waals surface area contributed by atoms with Gasteiger partial charge in [-0.25, -0.2) is 0 Å². The zero-order valence-electron chi connectivity index (χ0n) is 12.8. The Bertz CT molecular complexity index is 625. The van der Waals surface area contributed by atoms with Crippen molar-refractivity contribution in [3.8, 4) is 0 Å². The zero-order chi connectivity index (χ0) is 15.2. The Kier molecular flexibility index (Phi) is 4.93. The van der Waals surface area contributed by atoms with Crippen molar-refractivity contribution in [3.05, 3.63) is 53.9 Å². The lowest BCUT2D eigenvalue weighted by molar-refractivity contribution is 0.0983. The summed E-state index contributed by atoms with van der Waals surface area (Å²) in [5.41, 5.74) is 3.38. The first kappa shape index (κ1) is 15.0. The number of pyridine rings is 1. The highest BCUT2D eigenvalue weighted by Gasteiger charge is 2.18. The van der Waals surface area contributed by atoms with E-state index in [0.717, 1.165) is 23.5 Å². The molecule has 4 heteroatoms. The van der Waals surface area contributed by atoms with Crippen LogP contribution in [0.5, 0.6) is 0 Å². The molecular formula is C17H21N3O. The molecule has 0 fully saturated rings. The number of nitrogens with one attached hydrogen (secondary N) is 1. The molecule has 2 aromatic rings. The second kappa shape index (κ2) is 6.88. The van der Waals surface area contributed by atoms with Crippen LogP contribution >= 0.6 is 0 Å². The van der Waals surface area contributed by atoms with E-state index in [9.17, 15) is 4.79 Å². The van der Waals surface area contributed by atoms with E-state index in [1.807, 2.05) is 51.1 Å². The number of anilines is 2. The number of aromatic nitrogens is 1. The monoisotopic (exact) mass is 283 g/mol. The minimum Gasteiger partial charge on any atom is -0.385 e. The Morgan fingerprint density at radius 1 is 1.24 bits per heavy atom. The standard InChI is InChI=1S/C17H21N3O/c1-4-18-14-10-11-19-15(12-14)17(21)20(5-2)16-9-7-6-8-13(16)3/h6-12H,4-5H2,1-3H3,(H,18,19). The van der Waals surface area contributed by atoms with Gasteiger partial charge in [0.05, 0.1) is 0 Å². The third kappa shape index (κ3) is 3.40. The molecule has 0 bridgehead atoms. The second-order valence-corrected chi connectivity index (χ2v) is 4.80. The average molecular weight is 283 g/mol. The van der Waals surface area contributed by atoms with E-state index >= 15 is 0 Å². The van der Waals surface area contributed by atoms with Crippen molar-refractivity contribution in [2.24, 2.45) is 0 Å². The molecule has 1 amide bonds. The van der Waals surface area contributed by atoms with Crippen LogP contribution in [0.1, 0.15) is 29.9 Å². The summed E-state index contributed by atoms with van der Waals surface area (Å²) < 4.78 is 0. The van der Waals surface area contributed by atoms with Gasteiger partial charge in [0.25, 0.3) is 5.91 Å². The van der Waals surface area contributed by atoms with Crippen LogP contribution in [0.15, 0.2) is 42.6 Å². The summed E-state index contributed by atoms with van der Waals surface area (Å²) >= 11 is 0. The van der Waals surface area contributed by atoms with Crippen LogP contribution in [0.2, 0.25) is 0 Å². The summed E-state index contributed by atoms with van der Waals surface area (Å²) in [6.07, 6.45) is 1.66. The highest BCUT2D eigenvalue weighted by Crippen LogP contribution is 2.21. The molecule has 0 atom stereocenters. The lowest BCUT2D eigenvalue weighted by Gasteiger charge is -2.22. The SMILES string of the molecule is CCNc1ccnc(C(=O)N(CC)c2ccccc2C)c1. The quantitative estimate of drug-likeness (QED) is 0.913. The molecule has 110 valence electrons. The molecular weight excluding hydrogens is 262 g/mol. The molecule has 1 N–H and O–H groups in total. The molecule has 0 aliphatic rings. The highest BCUT2D eigenvalue weighted by atomic mass is 16.2. The molecule has 0 saturated carbocycles. The van der Waals surface area contributed by atoms with Crippen molar-refractivity contribution < 1.29 is 4.79 Å². The van der Waals surface area contributed by atoms with Crippen molar-refractivity contribution in [2.45, 2.75) is 20.8 Å². The van der Waals surface area contributed by atoms with Gasteiger partial charge in [-0.05, 0) is 44.5 Å². The Hall–Kier alpha value is -2.36. The molecule has 0 unspecified atom stereocenters. The first-order chi connectivity index (χ1) is 10.2. The molecule has 1 aromatic heterocycles. The maximum Gasteiger partial charge on any atom is 0.276 e. The summed E-state index contributed by atoms with van der Waals surface area (Å²) in [5, 5.41) is 3.20. The molecule has 2 rings (SSSR count). The molecule has 1 heterocycles. The molecule has 0 radical (unpaired) electrons. The number of para-hydroxylation sites is 1. The smallest absolute Gasteiger partial charge is 0.276 e. The van der Waals surface area contributed by atoms with Gasteiger partial charge in [0.2, 0.25) is 0 Å². The van der Waals surface area contributed by atoms with Crippen LogP contribution in [-0.2, 0) is 0 Å². The topological polar surface area (TPSA) is 45.2 Å². The van der Waals surface area contributed by atoms with Gasteiger partial charge in [0.15, 0.2) is 0 Å². The molecule has 4 nitrogen and oxygen atoms in total. The maximum atomic E-state index is 12.7. The fourth-order valence-corrected chi connectivity index (χ4v) is 2.29. The highest BCUT2D eigenvalue weighted by molar-refractivity contribution is 6.05. The third-order valence-corrected chi connectivity index (χ3v) is 3.33. The number of aryl methyl sites for hydroxylation is 1. The lowest BCUT2D eigenvalue weighted by Crippen LogP contribution is -2.31. The van der Waals surface area contributed by atoms with Crippen LogP contribution in [-0.4, -0.2) is 24.0 Å². The second-order valence-electron chi connectivity index (χ2n) is 4.80. The van der Waals surface area contributed by atoms with E-state index in [1.54, 1.807) is 17.2 Å². The van der Waals surface area contributed by atoms with Crippen LogP contribution in [0.25, 0.3) is 0 Å². The summed E-state index contributed by atoms with van der Waals surface area (Å²) in [6, 6.07) is 11.6. The summed E-state index contributed by atoms with van der Waals surface area (Å²) in [5.74, 6) is -0.0773. The molecule has 0 aliphatic heterocycles. The minimum absolute atomic E-state index is 0.0773. The van der Waals surface area contributed by atoms with E-state index in [4.69, 9.17) is 0 Å².